The second kappa shape index (κ2) is 6.25. The number of carbonyl (C=O) groups is 1. The van der Waals surface area contributed by atoms with Crippen molar-refractivity contribution in [3.63, 3.8) is 0 Å². The molecule has 1 aliphatic rings. The first-order valence-corrected chi connectivity index (χ1v) is 7.33. The van der Waals surface area contributed by atoms with E-state index < -0.39 is 5.60 Å². The zero-order chi connectivity index (χ0) is 14.6. The van der Waals surface area contributed by atoms with Gasteiger partial charge in [-0.2, -0.15) is 0 Å². The van der Waals surface area contributed by atoms with Crippen molar-refractivity contribution in [2.24, 2.45) is 0 Å². The van der Waals surface area contributed by atoms with Crippen LogP contribution in [0.15, 0.2) is 24.5 Å². The molecule has 1 saturated heterocycles. The van der Waals surface area contributed by atoms with Gasteiger partial charge in [0.25, 0.3) is 0 Å². The highest BCUT2D eigenvalue weighted by molar-refractivity contribution is 5.68. The molecule has 1 aromatic heterocycles. The van der Waals surface area contributed by atoms with Crippen molar-refractivity contribution in [3.05, 3.63) is 30.1 Å². The van der Waals surface area contributed by atoms with E-state index in [1.165, 1.54) is 5.56 Å². The van der Waals surface area contributed by atoms with Crippen LogP contribution in [0.2, 0.25) is 0 Å². The van der Waals surface area contributed by atoms with Gasteiger partial charge in [-0.15, -0.1) is 0 Å². The molecule has 0 radical (unpaired) electrons. The second-order valence-electron chi connectivity index (χ2n) is 6.38. The Morgan fingerprint density at radius 2 is 2.15 bits per heavy atom. The third kappa shape index (κ3) is 4.22. The Balaban J connectivity index is 1.94. The Morgan fingerprint density at radius 3 is 2.80 bits per heavy atom. The maximum atomic E-state index is 12.1. The highest BCUT2D eigenvalue weighted by Gasteiger charge is 2.25. The average Bonchev–Trinajstić information content (AvgIpc) is 2.63. The molecule has 4 nitrogen and oxygen atoms in total. The molecule has 20 heavy (non-hydrogen) atoms. The fraction of sp³-hybridized carbons (Fsp3) is 0.625. The van der Waals surface area contributed by atoms with Crippen LogP contribution >= 0.6 is 0 Å². The normalized spacial score (nSPS) is 20.4. The number of likely N-dealkylation sites (tertiary alicyclic amines) is 1. The number of hydrogen-bond acceptors (Lipinski definition) is 3. The molecule has 0 spiro atoms. The molecule has 1 fully saturated rings. The quantitative estimate of drug-likeness (QED) is 0.787. The van der Waals surface area contributed by atoms with E-state index in [0.717, 1.165) is 32.4 Å². The molecule has 1 aliphatic heterocycles. The van der Waals surface area contributed by atoms with Crippen molar-refractivity contribution in [1.82, 2.24) is 9.88 Å². The van der Waals surface area contributed by atoms with E-state index in [4.69, 9.17) is 4.74 Å². The summed E-state index contributed by atoms with van der Waals surface area (Å²) in [6, 6.07) is 4.10. The monoisotopic (exact) mass is 276 g/mol. The van der Waals surface area contributed by atoms with Gasteiger partial charge in [-0.3, -0.25) is 4.98 Å². The number of hydrogen-bond donors (Lipinski definition) is 0. The maximum Gasteiger partial charge on any atom is 0.410 e. The van der Waals surface area contributed by atoms with Crippen molar-refractivity contribution < 1.29 is 9.53 Å². The van der Waals surface area contributed by atoms with Crippen LogP contribution in [0.25, 0.3) is 0 Å². The minimum absolute atomic E-state index is 0.190. The van der Waals surface area contributed by atoms with Crippen LogP contribution in [0.1, 0.15) is 51.5 Å². The molecular weight excluding hydrogens is 252 g/mol. The summed E-state index contributed by atoms with van der Waals surface area (Å²) in [6.07, 6.45) is 6.64. The molecule has 1 unspecified atom stereocenters. The Morgan fingerprint density at radius 1 is 1.35 bits per heavy atom. The summed E-state index contributed by atoms with van der Waals surface area (Å²) in [7, 11) is 0. The van der Waals surface area contributed by atoms with Gasteiger partial charge in [0.1, 0.15) is 5.60 Å². The minimum atomic E-state index is -0.424. The van der Waals surface area contributed by atoms with Gasteiger partial charge in [0.2, 0.25) is 0 Å². The van der Waals surface area contributed by atoms with Crippen molar-refractivity contribution in [1.29, 1.82) is 0 Å². The molecule has 0 bridgehead atoms. The zero-order valence-electron chi connectivity index (χ0n) is 12.6. The van der Waals surface area contributed by atoms with E-state index in [2.05, 4.69) is 11.1 Å². The van der Waals surface area contributed by atoms with Crippen LogP contribution in [0.4, 0.5) is 4.79 Å². The molecule has 1 amide bonds. The summed E-state index contributed by atoms with van der Waals surface area (Å²) in [4.78, 5) is 18.1. The number of aromatic nitrogens is 1. The molecule has 110 valence electrons. The second-order valence-corrected chi connectivity index (χ2v) is 6.38. The summed E-state index contributed by atoms with van der Waals surface area (Å²) < 4.78 is 5.45. The first-order chi connectivity index (χ1) is 9.46. The summed E-state index contributed by atoms with van der Waals surface area (Å²) in [5, 5.41) is 0. The summed E-state index contributed by atoms with van der Waals surface area (Å²) in [5.74, 6) is 0.496. The predicted octanol–water partition coefficient (Wildman–Crippen LogP) is 3.59. The maximum absolute atomic E-state index is 12.1. The van der Waals surface area contributed by atoms with Gasteiger partial charge in [-0.05, 0) is 57.6 Å². The molecule has 0 saturated carbocycles. The van der Waals surface area contributed by atoms with Gasteiger partial charge in [-0.1, -0.05) is 6.07 Å². The molecule has 1 atom stereocenters. The van der Waals surface area contributed by atoms with E-state index in [-0.39, 0.29) is 6.09 Å². The molecule has 0 aliphatic carbocycles. The predicted molar refractivity (Wildman–Crippen MR) is 78.6 cm³/mol. The molecule has 0 N–H and O–H groups in total. The third-order valence-corrected chi connectivity index (χ3v) is 3.54. The van der Waals surface area contributed by atoms with Crippen molar-refractivity contribution in [3.8, 4) is 0 Å². The minimum Gasteiger partial charge on any atom is -0.444 e. The van der Waals surface area contributed by atoms with Gasteiger partial charge in [0.05, 0.1) is 0 Å². The fourth-order valence-electron chi connectivity index (χ4n) is 2.56. The number of carbonyl (C=O) groups excluding carboxylic acids is 1. The van der Waals surface area contributed by atoms with E-state index in [0.29, 0.717) is 5.92 Å². The SMILES string of the molecule is CC(C)(C)OC(=O)N1CCCC(c2cccnc2)CC1. The summed E-state index contributed by atoms with van der Waals surface area (Å²) in [6.45, 7) is 7.25. The van der Waals surface area contributed by atoms with Crippen LogP contribution in [0.5, 0.6) is 0 Å². The molecule has 1 aromatic rings. The topological polar surface area (TPSA) is 42.4 Å². The lowest BCUT2D eigenvalue weighted by Gasteiger charge is -2.26. The lowest BCUT2D eigenvalue weighted by molar-refractivity contribution is 0.0256. The lowest BCUT2D eigenvalue weighted by atomic mass is 9.93. The van der Waals surface area contributed by atoms with Gasteiger partial charge < -0.3 is 9.64 Å². The standard InChI is InChI=1S/C16H24N2O2/c1-16(2,3)20-15(19)18-10-5-7-13(8-11-18)14-6-4-9-17-12-14/h4,6,9,12-13H,5,7-8,10-11H2,1-3H3. The number of rotatable bonds is 1. The average molecular weight is 276 g/mol. The Bertz CT molecular complexity index is 440. The Labute approximate surface area is 121 Å². The molecule has 2 heterocycles. The van der Waals surface area contributed by atoms with E-state index in [9.17, 15) is 4.79 Å². The van der Waals surface area contributed by atoms with Gasteiger partial charge in [0, 0.05) is 25.5 Å². The Kier molecular flexibility index (Phi) is 4.63. The zero-order valence-corrected chi connectivity index (χ0v) is 12.6. The first-order valence-electron chi connectivity index (χ1n) is 7.33. The van der Waals surface area contributed by atoms with Crippen molar-refractivity contribution >= 4 is 6.09 Å². The fourth-order valence-corrected chi connectivity index (χ4v) is 2.56. The molecule has 4 heteroatoms. The van der Waals surface area contributed by atoms with Crippen LogP contribution < -0.4 is 0 Å². The van der Waals surface area contributed by atoms with Crippen molar-refractivity contribution in [2.45, 2.75) is 51.6 Å². The molecule has 0 aromatic carbocycles. The number of ether oxygens (including phenoxy) is 1. The van der Waals surface area contributed by atoms with E-state index >= 15 is 0 Å². The Hall–Kier alpha value is -1.58. The largest absolute Gasteiger partial charge is 0.444 e. The number of pyridine rings is 1. The highest BCUT2D eigenvalue weighted by Crippen LogP contribution is 2.27. The molecular formula is C16H24N2O2. The van der Waals surface area contributed by atoms with Crippen LogP contribution in [0, 0.1) is 0 Å². The van der Waals surface area contributed by atoms with E-state index in [1.54, 1.807) is 6.20 Å². The first kappa shape index (κ1) is 14.8. The van der Waals surface area contributed by atoms with E-state index in [1.807, 2.05) is 37.9 Å². The number of amides is 1. The summed E-state index contributed by atoms with van der Waals surface area (Å²) in [5.41, 5.74) is 0.852. The van der Waals surface area contributed by atoms with Crippen molar-refractivity contribution in [2.75, 3.05) is 13.1 Å². The van der Waals surface area contributed by atoms with Crippen LogP contribution in [0.3, 0.4) is 0 Å². The van der Waals surface area contributed by atoms with Gasteiger partial charge in [0.15, 0.2) is 0 Å². The van der Waals surface area contributed by atoms with Gasteiger partial charge >= 0.3 is 6.09 Å². The highest BCUT2D eigenvalue weighted by atomic mass is 16.6. The van der Waals surface area contributed by atoms with Gasteiger partial charge in [-0.25, -0.2) is 4.79 Å². The lowest BCUT2D eigenvalue weighted by Crippen LogP contribution is -2.37. The third-order valence-electron chi connectivity index (χ3n) is 3.54. The summed E-state index contributed by atoms with van der Waals surface area (Å²) >= 11 is 0. The number of nitrogens with zero attached hydrogens (tertiary/aromatic N) is 2. The molecule has 2 rings (SSSR count). The van der Waals surface area contributed by atoms with Crippen LogP contribution in [-0.4, -0.2) is 34.7 Å². The smallest absolute Gasteiger partial charge is 0.410 e. The van der Waals surface area contributed by atoms with Crippen LogP contribution in [-0.2, 0) is 4.74 Å².